The number of carbonyl (C=O) groups is 2. The van der Waals surface area contributed by atoms with Gasteiger partial charge in [-0.2, -0.15) is 0 Å². The topological polar surface area (TPSA) is 46.6 Å². The van der Waals surface area contributed by atoms with Crippen LogP contribution in [-0.2, 0) is 14.3 Å². The molecule has 1 amide bonds. The molecule has 0 aromatic heterocycles. The van der Waals surface area contributed by atoms with Gasteiger partial charge in [-0.1, -0.05) is 18.5 Å². The Morgan fingerprint density at radius 2 is 2.05 bits per heavy atom. The predicted octanol–water partition coefficient (Wildman–Crippen LogP) is 2.64. The first-order chi connectivity index (χ1) is 9.04. The number of rotatable bonds is 3. The molecule has 2 rings (SSSR count). The Hall–Kier alpha value is -1.55. The second kappa shape index (κ2) is 5.61. The van der Waals surface area contributed by atoms with Crippen molar-refractivity contribution in [2.24, 2.45) is 5.92 Å². The molecule has 1 aromatic carbocycles. The van der Waals surface area contributed by atoms with E-state index >= 15 is 0 Å². The smallest absolute Gasteiger partial charge is 0.329 e. The third kappa shape index (κ3) is 2.73. The fourth-order valence-corrected chi connectivity index (χ4v) is 2.41. The lowest BCUT2D eigenvalue weighted by Crippen LogP contribution is -2.40. The molecule has 5 heteroatoms. The number of esters is 1. The number of anilines is 1. The van der Waals surface area contributed by atoms with Crippen molar-refractivity contribution in [3.8, 4) is 0 Å². The van der Waals surface area contributed by atoms with E-state index in [1.54, 1.807) is 31.2 Å². The number of hydrogen-bond acceptors (Lipinski definition) is 3. The number of benzene rings is 1. The molecule has 102 valence electrons. The lowest BCUT2D eigenvalue weighted by molar-refractivity contribution is -0.144. The number of halogens is 1. The van der Waals surface area contributed by atoms with E-state index in [9.17, 15) is 9.59 Å². The minimum atomic E-state index is -0.538. The van der Waals surface area contributed by atoms with Crippen molar-refractivity contribution in [1.29, 1.82) is 0 Å². The summed E-state index contributed by atoms with van der Waals surface area (Å²) in [6.07, 6.45) is 0.486. The van der Waals surface area contributed by atoms with Gasteiger partial charge >= 0.3 is 5.97 Å². The molecular weight excluding hydrogens is 266 g/mol. The number of nitrogens with zero attached hydrogens (tertiary/aromatic N) is 1. The first kappa shape index (κ1) is 13.9. The molecule has 0 aliphatic carbocycles. The lowest BCUT2D eigenvalue weighted by Gasteiger charge is -2.23. The van der Waals surface area contributed by atoms with Gasteiger partial charge in [-0.25, -0.2) is 4.79 Å². The molecule has 0 bridgehead atoms. The molecule has 1 aromatic rings. The Morgan fingerprint density at radius 3 is 2.63 bits per heavy atom. The van der Waals surface area contributed by atoms with E-state index < -0.39 is 6.04 Å². The summed E-state index contributed by atoms with van der Waals surface area (Å²) in [5.41, 5.74) is 0.678. The van der Waals surface area contributed by atoms with Crippen molar-refractivity contribution in [3.63, 3.8) is 0 Å². The summed E-state index contributed by atoms with van der Waals surface area (Å²) in [5.74, 6) is -0.583. The molecule has 0 saturated carbocycles. The molecule has 0 spiro atoms. The van der Waals surface area contributed by atoms with Crippen LogP contribution in [0.15, 0.2) is 24.3 Å². The Bertz CT molecular complexity index is 486. The SMILES string of the molecule is CCOC(=O)[C@@H]1C[C@H](C)C(=O)N1c1ccc(Cl)cc1. The van der Waals surface area contributed by atoms with E-state index in [1.807, 2.05) is 6.92 Å². The molecule has 0 N–H and O–H groups in total. The van der Waals surface area contributed by atoms with Gasteiger partial charge in [0.15, 0.2) is 0 Å². The van der Waals surface area contributed by atoms with Gasteiger partial charge in [-0.15, -0.1) is 0 Å². The highest BCUT2D eigenvalue weighted by Gasteiger charge is 2.42. The normalized spacial score (nSPS) is 22.7. The zero-order valence-electron chi connectivity index (χ0n) is 10.9. The predicted molar refractivity (Wildman–Crippen MR) is 73.1 cm³/mol. The molecule has 4 nitrogen and oxygen atoms in total. The molecule has 19 heavy (non-hydrogen) atoms. The van der Waals surface area contributed by atoms with E-state index in [0.29, 0.717) is 23.7 Å². The second-order valence-electron chi connectivity index (χ2n) is 4.59. The van der Waals surface area contributed by atoms with Gasteiger partial charge in [0.25, 0.3) is 0 Å². The minimum Gasteiger partial charge on any atom is -0.464 e. The van der Waals surface area contributed by atoms with E-state index in [-0.39, 0.29) is 17.8 Å². The molecule has 1 heterocycles. The van der Waals surface area contributed by atoms with Crippen molar-refractivity contribution in [2.75, 3.05) is 11.5 Å². The Kier molecular flexibility index (Phi) is 4.10. The van der Waals surface area contributed by atoms with E-state index in [1.165, 1.54) is 4.90 Å². The van der Waals surface area contributed by atoms with Gasteiger partial charge in [-0.3, -0.25) is 9.69 Å². The molecule has 1 aliphatic rings. The monoisotopic (exact) mass is 281 g/mol. The van der Waals surface area contributed by atoms with Gasteiger partial charge in [0, 0.05) is 16.6 Å². The largest absolute Gasteiger partial charge is 0.464 e. The van der Waals surface area contributed by atoms with Gasteiger partial charge in [-0.05, 0) is 37.6 Å². The summed E-state index contributed by atoms with van der Waals surface area (Å²) in [5, 5.41) is 0.594. The van der Waals surface area contributed by atoms with Crippen LogP contribution in [0.4, 0.5) is 5.69 Å². The van der Waals surface area contributed by atoms with Crippen molar-refractivity contribution >= 4 is 29.2 Å². The summed E-state index contributed by atoms with van der Waals surface area (Å²) < 4.78 is 5.04. The number of ether oxygens (including phenoxy) is 1. The summed E-state index contributed by atoms with van der Waals surface area (Å²) in [4.78, 5) is 25.7. The second-order valence-corrected chi connectivity index (χ2v) is 5.03. The van der Waals surface area contributed by atoms with Crippen LogP contribution in [0.2, 0.25) is 5.02 Å². The van der Waals surface area contributed by atoms with E-state index in [2.05, 4.69) is 0 Å². The standard InChI is InChI=1S/C14H16ClNO3/c1-3-19-14(18)12-8-9(2)13(17)16(12)11-6-4-10(15)5-7-11/h4-7,9,12H,3,8H2,1-2H3/t9-,12-/m0/s1. The van der Waals surface area contributed by atoms with Gasteiger partial charge in [0.1, 0.15) is 6.04 Å². The zero-order chi connectivity index (χ0) is 14.0. The third-order valence-corrected chi connectivity index (χ3v) is 3.46. The molecule has 0 radical (unpaired) electrons. The molecule has 1 fully saturated rings. The highest BCUT2D eigenvalue weighted by molar-refractivity contribution is 6.30. The average molecular weight is 282 g/mol. The maximum absolute atomic E-state index is 12.2. The van der Waals surface area contributed by atoms with Crippen LogP contribution in [0, 0.1) is 5.92 Å². The summed E-state index contributed by atoms with van der Waals surface area (Å²) in [7, 11) is 0. The van der Waals surface area contributed by atoms with Crippen LogP contribution in [0.3, 0.4) is 0 Å². The molecule has 2 atom stereocenters. The minimum absolute atomic E-state index is 0.0552. The zero-order valence-corrected chi connectivity index (χ0v) is 11.7. The number of carbonyl (C=O) groups excluding carboxylic acids is 2. The first-order valence-corrected chi connectivity index (χ1v) is 6.67. The highest BCUT2D eigenvalue weighted by Crippen LogP contribution is 2.31. The average Bonchev–Trinajstić information content (AvgIpc) is 2.68. The maximum atomic E-state index is 12.2. The Balaban J connectivity index is 2.30. The summed E-state index contributed by atoms with van der Waals surface area (Å²) in [6, 6.07) is 6.35. The van der Waals surface area contributed by atoms with E-state index in [4.69, 9.17) is 16.3 Å². The van der Waals surface area contributed by atoms with Crippen molar-refractivity contribution in [2.45, 2.75) is 26.3 Å². The molecule has 1 saturated heterocycles. The fourth-order valence-electron chi connectivity index (χ4n) is 2.28. The summed E-state index contributed by atoms with van der Waals surface area (Å²) in [6.45, 7) is 3.89. The number of hydrogen-bond donors (Lipinski definition) is 0. The Labute approximate surface area is 117 Å². The van der Waals surface area contributed by atoms with Gasteiger partial charge in [0.05, 0.1) is 6.61 Å². The van der Waals surface area contributed by atoms with Crippen LogP contribution in [0.25, 0.3) is 0 Å². The molecule has 1 aliphatic heterocycles. The first-order valence-electron chi connectivity index (χ1n) is 6.30. The van der Waals surface area contributed by atoms with Gasteiger partial charge < -0.3 is 4.74 Å². The quantitative estimate of drug-likeness (QED) is 0.800. The van der Waals surface area contributed by atoms with Crippen molar-refractivity contribution in [3.05, 3.63) is 29.3 Å². The van der Waals surface area contributed by atoms with Crippen LogP contribution >= 0.6 is 11.6 Å². The molecule has 0 unspecified atom stereocenters. The van der Waals surface area contributed by atoms with Crippen LogP contribution < -0.4 is 4.90 Å². The van der Waals surface area contributed by atoms with Gasteiger partial charge in [0.2, 0.25) is 5.91 Å². The van der Waals surface area contributed by atoms with Crippen LogP contribution in [-0.4, -0.2) is 24.5 Å². The summed E-state index contributed by atoms with van der Waals surface area (Å²) >= 11 is 5.84. The Morgan fingerprint density at radius 1 is 1.42 bits per heavy atom. The number of amides is 1. The van der Waals surface area contributed by atoms with Crippen molar-refractivity contribution in [1.82, 2.24) is 0 Å². The van der Waals surface area contributed by atoms with Crippen LogP contribution in [0.5, 0.6) is 0 Å². The fraction of sp³-hybridized carbons (Fsp3) is 0.429. The maximum Gasteiger partial charge on any atom is 0.329 e. The van der Waals surface area contributed by atoms with Crippen molar-refractivity contribution < 1.29 is 14.3 Å². The lowest BCUT2D eigenvalue weighted by atomic mass is 10.1. The third-order valence-electron chi connectivity index (χ3n) is 3.21. The van der Waals surface area contributed by atoms with E-state index in [0.717, 1.165) is 0 Å². The highest BCUT2D eigenvalue weighted by atomic mass is 35.5. The van der Waals surface area contributed by atoms with Crippen LogP contribution in [0.1, 0.15) is 20.3 Å². The molecular formula is C14H16ClNO3.